The molecule has 0 N–H and O–H groups in total. The molecule has 0 atom stereocenters. The Morgan fingerprint density at radius 1 is 1.20 bits per heavy atom. The zero-order valence-electron chi connectivity index (χ0n) is 16.7. The van der Waals surface area contributed by atoms with E-state index >= 15 is 0 Å². The maximum absolute atomic E-state index is 8.70. The first-order valence-corrected chi connectivity index (χ1v) is 10.8. The molecule has 7 nitrogen and oxygen atoms in total. The topological polar surface area (TPSA) is 81.7 Å². The molecule has 0 bridgehead atoms. The van der Waals surface area contributed by atoms with Gasteiger partial charge in [0.05, 0.1) is 21.9 Å². The summed E-state index contributed by atoms with van der Waals surface area (Å²) in [7, 11) is 1.20. The second-order valence-electron chi connectivity index (χ2n) is 7.30. The fourth-order valence-corrected chi connectivity index (χ4v) is 4.62. The van der Waals surface area contributed by atoms with Gasteiger partial charge >= 0.3 is 0 Å². The molecule has 0 unspecified atom stereocenters. The number of nitrogens with zero attached hydrogens (tertiary/aromatic N) is 5. The van der Waals surface area contributed by atoms with Gasteiger partial charge in [-0.2, -0.15) is 5.10 Å². The van der Waals surface area contributed by atoms with Gasteiger partial charge in [-0.15, -0.1) is 4.91 Å². The average molecular weight is 468 g/mol. The summed E-state index contributed by atoms with van der Waals surface area (Å²) in [6.07, 6.45) is 12.2. The number of halogens is 1. The van der Waals surface area contributed by atoms with Crippen molar-refractivity contribution in [1.29, 1.82) is 0 Å². The molecule has 0 radical (unpaired) electrons. The van der Waals surface area contributed by atoms with Crippen molar-refractivity contribution in [3.63, 3.8) is 0 Å². The van der Waals surface area contributed by atoms with E-state index < -0.39 is 0 Å². The van der Waals surface area contributed by atoms with Gasteiger partial charge in [0, 0.05) is 29.3 Å². The summed E-state index contributed by atoms with van der Waals surface area (Å²) in [5, 5.41) is 7.65. The van der Waals surface area contributed by atoms with Gasteiger partial charge in [0.15, 0.2) is 11.0 Å². The van der Waals surface area contributed by atoms with E-state index in [0.717, 1.165) is 32.1 Å². The van der Waals surface area contributed by atoms with Crippen LogP contribution in [0.1, 0.15) is 43.7 Å². The zero-order chi connectivity index (χ0) is 20.9. The second-order valence-corrected chi connectivity index (χ2v) is 8.16. The predicted molar refractivity (Wildman–Crippen MR) is 120 cm³/mol. The van der Waals surface area contributed by atoms with Crippen molar-refractivity contribution in [2.24, 2.45) is 5.34 Å². The molecule has 0 amide bonds. The van der Waals surface area contributed by atoms with E-state index in [1.165, 1.54) is 44.9 Å². The molecule has 1 aliphatic carbocycles. The van der Waals surface area contributed by atoms with Crippen LogP contribution in [0.25, 0.3) is 27.7 Å². The highest BCUT2D eigenvalue weighted by Gasteiger charge is 2.21. The first kappa shape index (κ1) is 20.4. The van der Waals surface area contributed by atoms with Gasteiger partial charge < -0.3 is 4.84 Å². The Morgan fingerprint density at radius 3 is 2.77 bits per heavy atom. The molecule has 1 fully saturated rings. The number of fused-ring (bicyclic) bond motifs is 2. The van der Waals surface area contributed by atoms with E-state index in [-0.39, 0.29) is 0 Å². The molecule has 30 heavy (non-hydrogen) atoms. The van der Waals surface area contributed by atoms with Gasteiger partial charge in [0.2, 0.25) is 0 Å². The minimum absolute atomic E-state index is 0.548. The summed E-state index contributed by atoms with van der Waals surface area (Å²) in [6.45, 7) is 0. The molecule has 8 heteroatoms. The fraction of sp³-hybridized carbons (Fsp3) is 0.318. The molecule has 1 aliphatic rings. The van der Waals surface area contributed by atoms with Crippen LogP contribution in [0.2, 0.25) is 0 Å². The standard InChI is InChI=1S/C21H19BrN4.CH3NO2/c22-18-13-26-21(25-20(18)14-5-2-1-3-6-14)17(12-24-26)15-8-9-19-16(11-15)7-4-10-23-19;1-4-2-3/h4,7-14H,1-3,5-6H2;1H3. The third kappa shape index (κ3) is 4.18. The highest BCUT2D eigenvalue weighted by molar-refractivity contribution is 9.10. The van der Waals surface area contributed by atoms with Crippen LogP contribution in [0.5, 0.6) is 0 Å². The predicted octanol–water partition coefficient (Wildman–Crippen LogP) is 6.07. The summed E-state index contributed by atoms with van der Waals surface area (Å²) < 4.78 is 2.94. The lowest BCUT2D eigenvalue weighted by Crippen LogP contribution is -2.09. The van der Waals surface area contributed by atoms with Crippen LogP contribution in [0, 0.1) is 4.91 Å². The normalized spacial score (nSPS) is 14.3. The quantitative estimate of drug-likeness (QED) is 0.269. The number of benzene rings is 1. The van der Waals surface area contributed by atoms with Crippen molar-refractivity contribution in [1.82, 2.24) is 19.6 Å². The van der Waals surface area contributed by atoms with Gasteiger partial charge in [-0.25, -0.2) is 9.50 Å². The smallest absolute Gasteiger partial charge is 0.163 e. The second kappa shape index (κ2) is 9.30. The lowest BCUT2D eigenvalue weighted by Gasteiger charge is -2.22. The summed E-state index contributed by atoms with van der Waals surface area (Å²) in [6, 6.07) is 10.4. The zero-order valence-corrected chi connectivity index (χ0v) is 18.2. The number of pyridine rings is 1. The summed E-state index contributed by atoms with van der Waals surface area (Å²) in [5.74, 6) is 0.548. The minimum Gasteiger partial charge on any atom is -0.367 e. The van der Waals surface area contributed by atoms with Crippen LogP contribution in [0.3, 0.4) is 0 Å². The highest BCUT2D eigenvalue weighted by Crippen LogP contribution is 2.36. The average Bonchev–Trinajstić information content (AvgIpc) is 3.21. The maximum Gasteiger partial charge on any atom is 0.163 e. The van der Waals surface area contributed by atoms with Crippen LogP contribution in [0.4, 0.5) is 0 Å². The first-order chi connectivity index (χ1) is 14.7. The Hall–Kier alpha value is -2.87. The summed E-state index contributed by atoms with van der Waals surface area (Å²) >= 11 is 3.72. The third-order valence-electron chi connectivity index (χ3n) is 5.46. The van der Waals surface area contributed by atoms with Crippen LogP contribution in [-0.2, 0) is 4.84 Å². The molecule has 0 saturated heterocycles. The van der Waals surface area contributed by atoms with Gasteiger partial charge in [-0.3, -0.25) is 4.98 Å². The Labute approximate surface area is 182 Å². The minimum atomic E-state index is 0.548. The van der Waals surface area contributed by atoms with Crippen molar-refractivity contribution in [3.8, 4) is 11.1 Å². The Morgan fingerprint density at radius 2 is 2.00 bits per heavy atom. The van der Waals surface area contributed by atoms with Gasteiger partial charge in [0.1, 0.15) is 7.11 Å². The van der Waals surface area contributed by atoms with E-state index in [1.54, 1.807) is 0 Å². The third-order valence-corrected chi connectivity index (χ3v) is 6.07. The monoisotopic (exact) mass is 467 g/mol. The van der Waals surface area contributed by atoms with Gasteiger partial charge in [0.25, 0.3) is 0 Å². The van der Waals surface area contributed by atoms with Crippen molar-refractivity contribution in [3.05, 3.63) is 64.0 Å². The Bertz CT molecular complexity index is 1170. The number of hydrogen-bond acceptors (Lipinski definition) is 6. The summed E-state index contributed by atoms with van der Waals surface area (Å²) in [4.78, 5) is 21.8. The fourth-order valence-electron chi connectivity index (χ4n) is 4.01. The number of aromatic nitrogens is 4. The molecule has 5 rings (SSSR count). The Kier molecular flexibility index (Phi) is 6.32. The number of rotatable bonds is 3. The molecule has 4 aromatic rings. The first-order valence-electron chi connectivity index (χ1n) is 9.96. The van der Waals surface area contributed by atoms with Crippen LogP contribution in [0.15, 0.2) is 58.7 Å². The molecule has 154 valence electrons. The lowest BCUT2D eigenvalue weighted by molar-refractivity contribution is 0.208. The van der Waals surface area contributed by atoms with E-state index in [4.69, 9.17) is 9.89 Å². The molecule has 1 aromatic carbocycles. The SMILES string of the molecule is Brc1cn2ncc(-c3ccc4ncccc4c3)c2nc1C1CCCCC1.CON=O. The van der Waals surface area contributed by atoms with Gasteiger partial charge in [-0.1, -0.05) is 31.4 Å². The van der Waals surface area contributed by atoms with Crippen LogP contribution in [-0.4, -0.2) is 26.7 Å². The maximum atomic E-state index is 8.70. The van der Waals surface area contributed by atoms with E-state index in [9.17, 15) is 0 Å². The Balaban J connectivity index is 0.000000503. The molecular formula is C22H22BrN5O2. The lowest BCUT2D eigenvalue weighted by atomic mass is 9.87. The van der Waals surface area contributed by atoms with E-state index in [2.05, 4.69) is 61.3 Å². The largest absolute Gasteiger partial charge is 0.367 e. The van der Waals surface area contributed by atoms with Gasteiger partial charge in [-0.05, 0) is 52.5 Å². The van der Waals surface area contributed by atoms with Crippen molar-refractivity contribution in [2.45, 2.75) is 38.0 Å². The van der Waals surface area contributed by atoms with Crippen molar-refractivity contribution >= 4 is 32.5 Å². The van der Waals surface area contributed by atoms with Crippen molar-refractivity contribution in [2.75, 3.05) is 7.11 Å². The van der Waals surface area contributed by atoms with Crippen LogP contribution >= 0.6 is 15.9 Å². The molecule has 3 heterocycles. The van der Waals surface area contributed by atoms with E-state index in [0.29, 0.717) is 5.92 Å². The summed E-state index contributed by atoms with van der Waals surface area (Å²) in [5.41, 5.74) is 5.31. The molecule has 3 aromatic heterocycles. The van der Waals surface area contributed by atoms with E-state index in [1.807, 2.05) is 28.3 Å². The number of hydrogen-bond donors (Lipinski definition) is 0. The van der Waals surface area contributed by atoms with Crippen molar-refractivity contribution < 1.29 is 4.84 Å². The molecule has 0 aliphatic heterocycles. The van der Waals surface area contributed by atoms with Crippen LogP contribution < -0.4 is 0 Å². The molecular weight excluding hydrogens is 446 g/mol. The molecule has 0 spiro atoms. The highest BCUT2D eigenvalue weighted by atomic mass is 79.9. The molecule has 1 saturated carbocycles.